The Bertz CT molecular complexity index is 807. The molecule has 0 radical (unpaired) electrons. The lowest BCUT2D eigenvalue weighted by Crippen LogP contribution is -2.41. The molecule has 0 spiro atoms. The van der Waals surface area contributed by atoms with Crippen LogP contribution in [-0.2, 0) is 6.42 Å². The molecule has 26 heavy (non-hydrogen) atoms. The second kappa shape index (κ2) is 7.91. The highest BCUT2D eigenvalue weighted by atomic mass is 35.5. The van der Waals surface area contributed by atoms with Crippen molar-refractivity contribution in [1.29, 1.82) is 0 Å². The van der Waals surface area contributed by atoms with Gasteiger partial charge >= 0.3 is 6.09 Å². The van der Waals surface area contributed by atoms with E-state index in [0.717, 1.165) is 0 Å². The summed E-state index contributed by atoms with van der Waals surface area (Å²) >= 11 is 5.75. The van der Waals surface area contributed by atoms with Crippen molar-refractivity contribution in [1.82, 2.24) is 4.90 Å². The number of halogens is 3. The highest BCUT2D eigenvalue weighted by Crippen LogP contribution is 2.26. The zero-order chi connectivity index (χ0) is 18.7. The van der Waals surface area contributed by atoms with Crippen LogP contribution in [0, 0.1) is 11.6 Å². The van der Waals surface area contributed by atoms with Gasteiger partial charge in [0.2, 0.25) is 0 Å². The first kappa shape index (κ1) is 18.5. The van der Waals surface area contributed by atoms with E-state index in [9.17, 15) is 13.6 Å². The second-order valence-corrected chi connectivity index (χ2v) is 6.70. The third-order valence-electron chi connectivity index (χ3n) is 4.41. The van der Waals surface area contributed by atoms with Gasteiger partial charge in [0.1, 0.15) is 11.9 Å². The minimum atomic E-state index is -0.957. The Morgan fingerprint density at radius 2 is 1.88 bits per heavy atom. The third kappa shape index (κ3) is 4.43. The summed E-state index contributed by atoms with van der Waals surface area (Å²) in [5.74, 6) is -0.804. The Hall–Kier alpha value is -2.34. The molecule has 1 heterocycles. The van der Waals surface area contributed by atoms with Gasteiger partial charge in [0.15, 0.2) is 11.6 Å². The minimum Gasteiger partial charge on any atom is -0.487 e. The van der Waals surface area contributed by atoms with Gasteiger partial charge in [-0.3, -0.25) is 0 Å². The fourth-order valence-corrected chi connectivity index (χ4v) is 3.14. The Morgan fingerprint density at radius 1 is 1.15 bits per heavy atom. The monoisotopic (exact) mass is 381 g/mol. The molecular formula is C19H18ClF2NO3. The fourth-order valence-electron chi connectivity index (χ4n) is 2.98. The first-order valence-electron chi connectivity index (χ1n) is 8.29. The number of rotatable bonds is 4. The van der Waals surface area contributed by atoms with Gasteiger partial charge in [-0.1, -0.05) is 23.7 Å². The standard InChI is InChI=1S/C19H18ClF2NO3/c20-14-3-2-13(17(22)11-14)9-12-1-4-16(21)18(10-12)26-15-5-7-23(8-6-15)19(24)25/h1-4,10-11,15H,5-9H2,(H,24,25). The zero-order valence-corrected chi connectivity index (χ0v) is 14.7. The molecule has 1 fully saturated rings. The van der Waals surface area contributed by atoms with E-state index in [2.05, 4.69) is 0 Å². The van der Waals surface area contributed by atoms with E-state index in [4.69, 9.17) is 21.4 Å². The van der Waals surface area contributed by atoms with Crippen LogP contribution in [0.3, 0.4) is 0 Å². The third-order valence-corrected chi connectivity index (χ3v) is 4.65. The number of carbonyl (C=O) groups is 1. The highest BCUT2D eigenvalue weighted by Gasteiger charge is 2.24. The summed E-state index contributed by atoms with van der Waals surface area (Å²) in [6.07, 6.45) is 0.0879. The lowest BCUT2D eigenvalue weighted by molar-refractivity contribution is 0.0872. The molecule has 1 aliphatic heterocycles. The number of carboxylic acid groups (broad SMARTS) is 1. The number of piperidine rings is 1. The average Bonchev–Trinajstić information content (AvgIpc) is 2.60. The largest absolute Gasteiger partial charge is 0.487 e. The summed E-state index contributed by atoms with van der Waals surface area (Å²) < 4.78 is 33.8. The average molecular weight is 382 g/mol. The van der Waals surface area contributed by atoms with Gasteiger partial charge in [0.05, 0.1) is 0 Å². The molecule has 1 N–H and O–H groups in total. The van der Waals surface area contributed by atoms with Gasteiger partial charge in [-0.2, -0.15) is 0 Å². The van der Waals surface area contributed by atoms with Crippen LogP contribution < -0.4 is 4.74 Å². The summed E-state index contributed by atoms with van der Waals surface area (Å²) in [6.45, 7) is 0.717. The van der Waals surface area contributed by atoms with Crippen LogP contribution in [0.1, 0.15) is 24.0 Å². The molecule has 0 aliphatic carbocycles. The first-order valence-corrected chi connectivity index (χ1v) is 8.67. The van der Waals surface area contributed by atoms with E-state index >= 15 is 0 Å². The maximum Gasteiger partial charge on any atom is 0.407 e. The lowest BCUT2D eigenvalue weighted by Gasteiger charge is -2.30. The zero-order valence-electron chi connectivity index (χ0n) is 13.9. The number of amides is 1. The molecule has 1 aliphatic rings. The van der Waals surface area contributed by atoms with Gasteiger partial charge in [-0.15, -0.1) is 0 Å². The quantitative estimate of drug-likeness (QED) is 0.832. The molecule has 0 aromatic heterocycles. The minimum absolute atomic E-state index is 0.102. The molecule has 0 unspecified atom stereocenters. The Balaban J connectivity index is 1.69. The lowest BCUT2D eigenvalue weighted by atomic mass is 10.0. The van der Waals surface area contributed by atoms with Crippen molar-refractivity contribution in [3.63, 3.8) is 0 Å². The molecule has 7 heteroatoms. The van der Waals surface area contributed by atoms with Gasteiger partial charge in [-0.05, 0) is 35.4 Å². The highest BCUT2D eigenvalue weighted by molar-refractivity contribution is 6.30. The fraction of sp³-hybridized carbons (Fsp3) is 0.316. The first-order chi connectivity index (χ1) is 12.4. The predicted octanol–water partition coefficient (Wildman–Crippen LogP) is 4.73. The van der Waals surface area contributed by atoms with Crippen LogP contribution in [0.4, 0.5) is 13.6 Å². The summed E-state index contributed by atoms with van der Waals surface area (Å²) in [7, 11) is 0. The van der Waals surface area contributed by atoms with Gasteiger partial charge in [-0.25, -0.2) is 13.6 Å². The maximum absolute atomic E-state index is 14.1. The molecule has 2 aromatic rings. The Kier molecular flexibility index (Phi) is 5.61. The summed E-state index contributed by atoms with van der Waals surface area (Å²) in [4.78, 5) is 12.2. The van der Waals surface area contributed by atoms with Crippen LogP contribution in [0.15, 0.2) is 36.4 Å². The van der Waals surface area contributed by atoms with Gasteiger partial charge in [0, 0.05) is 37.4 Å². The molecule has 4 nitrogen and oxygen atoms in total. The number of hydrogen-bond donors (Lipinski definition) is 1. The molecule has 3 rings (SSSR count). The second-order valence-electron chi connectivity index (χ2n) is 6.26. The van der Waals surface area contributed by atoms with E-state index < -0.39 is 17.7 Å². The Morgan fingerprint density at radius 3 is 2.54 bits per heavy atom. The molecule has 1 amide bonds. The van der Waals surface area contributed by atoms with Crippen molar-refractivity contribution in [3.05, 3.63) is 64.2 Å². The van der Waals surface area contributed by atoms with E-state index in [1.54, 1.807) is 24.3 Å². The number of hydrogen-bond acceptors (Lipinski definition) is 2. The number of likely N-dealkylation sites (tertiary alicyclic amines) is 1. The number of ether oxygens (including phenoxy) is 1. The normalized spacial score (nSPS) is 15.1. The molecule has 0 atom stereocenters. The smallest absolute Gasteiger partial charge is 0.407 e. The van der Waals surface area contributed by atoms with Crippen LogP contribution in [-0.4, -0.2) is 35.3 Å². The molecule has 0 bridgehead atoms. The van der Waals surface area contributed by atoms with Crippen molar-refractivity contribution in [2.45, 2.75) is 25.4 Å². The van der Waals surface area contributed by atoms with Crippen LogP contribution in [0.2, 0.25) is 5.02 Å². The van der Waals surface area contributed by atoms with E-state index in [-0.39, 0.29) is 18.3 Å². The van der Waals surface area contributed by atoms with Crippen LogP contribution in [0.5, 0.6) is 5.75 Å². The van der Waals surface area contributed by atoms with Crippen molar-refractivity contribution in [3.8, 4) is 5.75 Å². The summed E-state index contributed by atoms with van der Waals surface area (Å²) in [5, 5.41) is 9.28. The van der Waals surface area contributed by atoms with E-state index in [0.29, 0.717) is 42.1 Å². The number of nitrogens with zero attached hydrogens (tertiary/aromatic N) is 1. The van der Waals surface area contributed by atoms with Crippen molar-refractivity contribution < 1.29 is 23.4 Å². The van der Waals surface area contributed by atoms with Crippen molar-refractivity contribution >= 4 is 17.7 Å². The molecule has 2 aromatic carbocycles. The van der Waals surface area contributed by atoms with E-state index in [1.807, 2.05) is 0 Å². The molecule has 1 saturated heterocycles. The maximum atomic E-state index is 14.1. The number of benzene rings is 2. The van der Waals surface area contributed by atoms with Crippen LogP contribution >= 0.6 is 11.6 Å². The summed E-state index contributed by atoms with van der Waals surface area (Å²) in [5.41, 5.74) is 1.17. The van der Waals surface area contributed by atoms with Crippen molar-refractivity contribution in [2.75, 3.05) is 13.1 Å². The topological polar surface area (TPSA) is 49.8 Å². The summed E-state index contributed by atoms with van der Waals surface area (Å²) in [6, 6.07) is 8.90. The molecule has 138 valence electrons. The van der Waals surface area contributed by atoms with E-state index in [1.165, 1.54) is 17.0 Å². The van der Waals surface area contributed by atoms with Gasteiger partial charge < -0.3 is 14.7 Å². The van der Waals surface area contributed by atoms with Crippen LogP contribution in [0.25, 0.3) is 0 Å². The Labute approximate surface area is 155 Å². The van der Waals surface area contributed by atoms with Gasteiger partial charge in [0.25, 0.3) is 0 Å². The molecular weight excluding hydrogens is 364 g/mol. The SMILES string of the molecule is O=C(O)N1CCC(Oc2cc(Cc3ccc(Cl)cc3F)ccc2F)CC1. The predicted molar refractivity (Wildman–Crippen MR) is 93.9 cm³/mol. The van der Waals surface area contributed by atoms with Crippen molar-refractivity contribution in [2.24, 2.45) is 0 Å². The molecule has 0 saturated carbocycles.